The monoisotopic (exact) mass is 356 g/mol. The highest BCUT2D eigenvalue weighted by Gasteiger charge is 2.22. The summed E-state index contributed by atoms with van der Waals surface area (Å²) in [6.07, 6.45) is 0.608. The first-order valence-corrected chi connectivity index (χ1v) is 9.53. The normalized spacial score (nSPS) is 14.6. The SMILES string of the molecule is Cc1cccc(N2CCN(C(=O)CCC(=O)c3ccc(C)s3)CC2)c1. The Balaban J connectivity index is 1.47. The second-order valence-electron chi connectivity index (χ2n) is 6.54. The quantitative estimate of drug-likeness (QED) is 0.768. The van der Waals surface area contributed by atoms with Crippen molar-refractivity contribution in [1.29, 1.82) is 0 Å². The summed E-state index contributed by atoms with van der Waals surface area (Å²) in [5.41, 5.74) is 2.47. The molecule has 2 heterocycles. The molecule has 1 aromatic heterocycles. The standard InChI is InChI=1S/C20H24N2O2S/c1-15-4-3-5-17(14-15)21-10-12-22(13-11-21)20(24)9-7-18(23)19-8-6-16(2)25-19/h3-6,8,14H,7,9-13H2,1-2H3. The molecule has 1 fully saturated rings. The highest BCUT2D eigenvalue weighted by molar-refractivity contribution is 7.14. The lowest BCUT2D eigenvalue weighted by atomic mass is 10.1. The van der Waals surface area contributed by atoms with Crippen LogP contribution in [0.5, 0.6) is 0 Å². The number of thiophene rings is 1. The van der Waals surface area contributed by atoms with Gasteiger partial charge in [-0.25, -0.2) is 0 Å². The molecule has 2 aromatic rings. The van der Waals surface area contributed by atoms with Crippen molar-refractivity contribution in [2.45, 2.75) is 26.7 Å². The van der Waals surface area contributed by atoms with Crippen molar-refractivity contribution in [2.75, 3.05) is 31.1 Å². The lowest BCUT2D eigenvalue weighted by Gasteiger charge is -2.36. The van der Waals surface area contributed by atoms with Gasteiger partial charge in [0.15, 0.2) is 5.78 Å². The number of carbonyl (C=O) groups excluding carboxylic acids is 2. The predicted molar refractivity (Wildman–Crippen MR) is 103 cm³/mol. The number of nitrogens with zero attached hydrogens (tertiary/aromatic N) is 2. The van der Waals surface area contributed by atoms with Crippen LogP contribution >= 0.6 is 11.3 Å². The van der Waals surface area contributed by atoms with Gasteiger partial charge in [0.1, 0.15) is 0 Å². The molecular formula is C20H24N2O2S. The van der Waals surface area contributed by atoms with E-state index in [0.717, 1.165) is 35.9 Å². The minimum absolute atomic E-state index is 0.0739. The molecule has 3 rings (SSSR count). The van der Waals surface area contributed by atoms with Crippen LogP contribution in [0, 0.1) is 13.8 Å². The van der Waals surface area contributed by atoms with Gasteiger partial charge in [-0.05, 0) is 43.7 Å². The van der Waals surface area contributed by atoms with Crippen molar-refractivity contribution in [3.8, 4) is 0 Å². The number of hydrogen-bond acceptors (Lipinski definition) is 4. The van der Waals surface area contributed by atoms with E-state index in [2.05, 4.69) is 36.1 Å². The van der Waals surface area contributed by atoms with Crippen molar-refractivity contribution in [2.24, 2.45) is 0 Å². The summed E-state index contributed by atoms with van der Waals surface area (Å²) >= 11 is 1.50. The first-order chi connectivity index (χ1) is 12.0. The molecule has 0 atom stereocenters. The number of rotatable bonds is 5. The second kappa shape index (κ2) is 7.83. The predicted octanol–water partition coefficient (Wildman–Crippen LogP) is 3.68. The molecule has 0 saturated carbocycles. The van der Waals surface area contributed by atoms with Gasteiger partial charge in [-0.1, -0.05) is 12.1 Å². The summed E-state index contributed by atoms with van der Waals surface area (Å²) in [4.78, 5) is 30.6. The first-order valence-electron chi connectivity index (χ1n) is 8.72. The van der Waals surface area contributed by atoms with Crippen molar-refractivity contribution >= 4 is 28.7 Å². The molecule has 4 nitrogen and oxygen atoms in total. The van der Waals surface area contributed by atoms with E-state index in [4.69, 9.17) is 0 Å². The highest BCUT2D eigenvalue weighted by Crippen LogP contribution is 2.20. The molecule has 132 valence electrons. The van der Waals surface area contributed by atoms with Crippen LogP contribution in [-0.2, 0) is 4.79 Å². The fourth-order valence-electron chi connectivity index (χ4n) is 3.12. The van der Waals surface area contributed by atoms with Crippen molar-refractivity contribution in [3.05, 3.63) is 51.7 Å². The third-order valence-corrected chi connectivity index (χ3v) is 5.62. The maximum Gasteiger partial charge on any atom is 0.223 e. The largest absolute Gasteiger partial charge is 0.368 e. The van der Waals surface area contributed by atoms with Gasteiger partial charge in [0.05, 0.1) is 4.88 Å². The Hall–Kier alpha value is -2.14. The van der Waals surface area contributed by atoms with Gasteiger partial charge in [0, 0.05) is 49.6 Å². The smallest absolute Gasteiger partial charge is 0.223 e. The van der Waals surface area contributed by atoms with Crippen LogP contribution in [0.3, 0.4) is 0 Å². The van der Waals surface area contributed by atoms with Crippen LogP contribution in [0.1, 0.15) is 33.0 Å². The van der Waals surface area contributed by atoms with Crippen molar-refractivity contribution in [1.82, 2.24) is 4.90 Å². The lowest BCUT2D eigenvalue weighted by molar-refractivity contribution is -0.131. The second-order valence-corrected chi connectivity index (χ2v) is 7.83. The zero-order valence-electron chi connectivity index (χ0n) is 14.8. The fraction of sp³-hybridized carbons (Fsp3) is 0.400. The van der Waals surface area contributed by atoms with E-state index >= 15 is 0 Å². The molecule has 1 amide bonds. The topological polar surface area (TPSA) is 40.6 Å². The zero-order valence-corrected chi connectivity index (χ0v) is 15.6. The van der Waals surface area contributed by atoms with E-state index < -0.39 is 0 Å². The van der Waals surface area contributed by atoms with E-state index in [1.165, 1.54) is 22.6 Å². The van der Waals surface area contributed by atoms with E-state index in [1.54, 1.807) is 0 Å². The number of piperazine rings is 1. The molecule has 1 saturated heterocycles. The minimum Gasteiger partial charge on any atom is -0.368 e. The van der Waals surface area contributed by atoms with Crippen LogP contribution < -0.4 is 4.90 Å². The summed E-state index contributed by atoms with van der Waals surface area (Å²) in [6, 6.07) is 12.3. The van der Waals surface area contributed by atoms with Gasteiger partial charge in [0.2, 0.25) is 5.91 Å². The number of ketones is 1. The molecule has 0 spiro atoms. The number of Topliss-reactive ketones (excluding diaryl/α,β-unsaturated/α-hetero) is 1. The molecule has 0 radical (unpaired) electrons. The Labute approximate surface area is 153 Å². The van der Waals surface area contributed by atoms with Crippen LogP contribution in [0.4, 0.5) is 5.69 Å². The Kier molecular flexibility index (Phi) is 5.53. The lowest BCUT2D eigenvalue weighted by Crippen LogP contribution is -2.48. The number of benzene rings is 1. The van der Waals surface area contributed by atoms with Crippen LogP contribution in [0.2, 0.25) is 0 Å². The van der Waals surface area contributed by atoms with Gasteiger partial charge in [-0.3, -0.25) is 9.59 Å². The van der Waals surface area contributed by atoms with Gasteiger partial charge in [0.25, 0.3) is 0 Å². The molecule has 0 unspecified atom stereocenters. The maximum absolute atomic E-state index is 12.4. The van der Waals surface area contributed by atoms with E-state index in [-0.39, 0.29) is 11.7 Å². The molecule has 0 bridgehead atoms. The molecule has 1 aromatic carbocycles. The van der Waals surface area contributed by atoms with Crippen LogP contribution in [-0.4, -0.2) is 42.8 Å². The maximum atomic E-state index is 12.4. The van der Waals surface area contributed by atoms with Gasteiger partial charge < -0.3 is 9.80 Å². The molecule has 1 aliphatic heterocycles. The van der Waals surface area contributed by atoms with Crippen LogP contribution in [0.15, 0.2) is 36.4 Å². The minimum atomic E-state index is 0.0739. The number of amides is 1. The molecule has 5 heteroatoms. The summed E-state index contributed by atoms with van der Waals surface area (Å²) < 4.78 is 0. The molecular weight excluding hydrogens is 332 g/mol. The average Bonchev–Trinajstić information content (AvgIpc) is 3.06. The Bertz CT molecular complexity index is 761. The number of hydrogen-bond donors (Lipinski definition) is 0. The van der Waals surface area contributed by atoms with E-state index in [1.807, 2.05) is 24.0 Å². The first kappa shape index (κ1) is 17.7. The summed E-state index contributed by atoms with van der Waals surface area (Å²) in [6.45, 7) is 7.20. The number of aryl methyl sites for hydroxylation is 2. The number of carbonyl (C=O) groups is 2. The Morgan fingerprint density at radius 1 is 1.00 bits per heavy atom. The molecule has 0 N–H and O–H groups in total. The molecule has 1 aliphatic rings. The Morgan fingerprint density at radius 3 is 2.40 bits per heavy atom. The van der Waals surface area contributed by atoms with Crippen molar-refractivity contribution in [3.63, 3.8) is 0 Å². The zero-order chi connectivity index (χ0) is 17.8. The number of anilines is 1. The highest BCUT2D eigenvalue weighted by atomic mass is 32.1. The van der Waals surface area contributed by atoms with Gasteiger partial charge in [-0.2, -0.15) is 0 Å². The van der Waals surface area contributed by atoms with Crippen LogP contribution in [0.25, 0.3) is 0 Å². The fourth-order valence-corrected chi connectivity index (χ4v) is 3.96. The van der Waals surface area contributed by atoms with Gasteiger partial charge in [-0.15, -0.1) is 11.3 Å². The van der Waals surface area contributed by atoms with E-state index in [0.29, 0.717) is 12.8 Å². The van der Waals surface area contributed by atoms with Crippen molar-refractivity contribution < 1.29 is 9.59 Å². The molecule has 25 heavy (non-hydrogen) atoms. The third-order valence-electron chi connectivity index (χ3n) is 4.58. The molecule has 0 aliphatic carbocycles. The Morgan fingerprint density at radius 2 is 1.76 bits per heavy atom. The van der Waals surface area contributed by atoms with E-state index in [9.17, 15) is 9.59 Å². The summed E-state index contributed by atoms with van der Waals surface area (Å²) in [5.74, 6) is 0.162. The summed E-state index contributed by atoms with van der Waals surface area (Å²) in [5, 5.41) is 0. The third kappa shape index (κ3) is 4.48. The average molecular weight is 356 g/mol. The summed E-state index contributed by atoms with van der Waals surface area (Å²) in [7, 11) is 0. The van der Waals surface area contributed by atoms with Gasteiger partial charge >= 0.3 is 0 Å².